The quantitative estimate of drug-likeness (QED) is 0.777. The highest BCUT2D eigenvalue weighted by atomic mass is 35.5. The number of hydrogen-bond donors (Lipinski definition) is 2. The third-order valence-electron chi connectivity index (χ3n) is 3.26. The highest BCUT2D eigenvalue weighted by Gasteiger charge is 2.12. The second kappa shape index (κ2) is 8.06. The van der Waals surface area contributed by atoms with E-state index in [0.29, 0.717) is 39.9 Å². The van der Waals surface area contributed by atoms with Crippen LogP contribution in [0.3, 0.4) is 0 Å². The van der Waals surface area contributed by atoms with Crippen molar-refractivity contribution in [3.05, 3.63) is 28.9 Å². The number of aromatic nitrogens is 2. The first-order valence-corrected chi connectivity index (χ1v) is 8.08. The number of nitrogens with one attached hydrogen (secondary N) is 2. The van der Waals surface area contributed by atoms with Gasteiger partial charge in [-0.3, -0.25) is 0 Å². The number of hydrogen-bond acceptors (Lipinski definition) is 6. The van der Waals surface area contributed by atoms with E-state index < -0.39 is 0 Å². The molecule has 2 aromatic rings. The standard InChI is InChI=1S/C17H23ClN4O2/c1-10(2)9-19-17-20-11(3)6-16(22-17)21-13-8-14(23-4)12(18)7-15(13)24-5/h6-8,10H,9H2,1-5H3,(H2,19,20,21,22). The van der Waals surface area contributed by atoms with E-state index in [2.05, 4.69) is 34.4 Å². The van der Waals surface area contributed by atoms with Crippen molar-refractivity contribution in [1.82, 2.24) is 9.97 Å². The van der Waals surface area contributed by atoms with E-state index in [1.165, 1.54) is 0 Å². The Morgan fingerprint density at radius 1 is 1.08 bits per heavy atom. The second-order valence-electron chi connectivity index (χ2n) is 5.80. The zero-order valence-corrected chi connectivity index (χ0v) is 15.4. The molecular weight excluding hydrogens is 328 g/mol. The van der Waals surface area contributed by atoms with Crippen LogP contribution in [0.1, 0.15) is 19.5 Å². The Balaban J connectivity index is 2.30. The number of nitrogens with zero attached hydrogens (tertiary/aromatic N) is 2. The van der Waals surface area contributed by atoms with E-state index in [9.17, 15) is 0 Å². The molecule has 0 atom stereocenters. The van der Waals surface area contributed by atoms with Gasteiger partial charge in [-0.2, -0.15) is 4.98 Å². The maximum atomic E-state index is 6.14. The Labute approximate surface area is 147 Å². The predicted octanol–water partition coefficient (Wildman–Crippen LogP) is 4.27. The molecule has 1 heterocycles. The van der Waals surface area contributed by atoms with E-state index in [1.54, 1.807) is 26.4 Å². The number of ether oxygens (including phenoxy) is 2. The van der Waals surface area contributed by atoms with Crippen LogP contribution >= 0.6 is 11.6 Å². The van der Waals surface area contributed by atoms with Crippen LogP contribution in [0, 0.1) is 12.8 Å². The van der Waals surface area contributed by atoms with E-state index in [0.717, 1.165) is 12.2 Å². The molecule has 0 aliphatic carbocycles. The SMILES string of the molecule is COc1cc(Nc2cc(C)nc(NCC(C)C)n2)c(OC)cc1Cl. The summed E-state index contributed by atoms with van der Waals surface area (Å²) < 4.78 is 10.6. The van der Waals surface area contributed by atoms with Crippen LogP contribution in [0.15, 0.2) is 18.2 Å². The number of benzene rings is 1. The van der Waals surface area contributed by atoms with Crippen LogP contribution in [0.25, 0.3) is 0 Å². The lowest BCUT2D eigenvalue weighted by Crippen LogP contribution is -2.11. The van der Waals surface area contributed by atoms with Crippen LogP contribution in [-0.2, 0) is 0 Å². The monoisotopic (exact) mass is 350 g/mol. The minimum absolute atomic E-state index is 0.484. The molecule has 24 heavy (non-hydrogen) atoms. The maximum absolute atomic E-state index is 6.14. The molecule has 0 saturated heterocycles. The first-order chi connectivity index (χ1) is 11.4. The van der Waals surface area contributed by atoms with E-state index in [4.69, 9.17) is 21.1 Å². The molecule has 0 amide bonds. The van der Waals surface area contributed by atoms with E-state index in [1.807, 2.05) is 13.0 Å². The molecule has 2 N–H and O–H groups in total. The van der Waals surface area contributed by atoms with Gasteiger partial charge in [0.2, 0.25) is 5.95 Å². The Morgan fingerprint density at radius 3 is 2.42 bits per heavy atom. The summed E-state index contributed by atoms with van der Waals surface area (Å²) in [6.45, 7) is 6.99. The summed E-state index contributed by atoms with van der Waals surface area (Å²) >= 11 is 6.14. The van der Waals surface area contributed by atoms with Crippen LogP contribution < -0.4 is 20.1 Å². The van der Waals surface area contributed by atoms with E-state index >= 15 is 0 Å². The minimum Gasteiger partial charge on any atom is -0.495 e. The molecular formula is C17H23ClN4O2. The van der Waals surface area contributed by atoms with Gasteiger partial charge >= 0.3 is 0 Å². The molecule has 130 valence electrons. The highest BCUT2D eigenvalue weighted by molar-refractivity contribution is 6.32. The summed E-state index contributed by atoms with van der Waals surface area (Å²) in [4.78, 5) is 8.89. The fourth-order valence-electron chi connectivity index (χ4n) is 2.10. The predicted molar refractivity (Wildman–Crippen MR) is 97.9 cm³/mol. The third-order valence-corrected chi connectivity index (χ3v) is 3.55. The first-order valence-electron chi connectivity index (χ1n) is 7.71. The third kappa shape index (κ3) is 4.64. The van der Waals surface area contributed by atoms with Crippen molar-refractivity contribution in [2.45, 2.75) is 20.8 Å². The number of anilines is 3. The lowest BCUT2D eigenvalue weighted by molar-refractivity contribution is 0.405. The molecule has 6 nitrogen and oxygen atoms in total. The van der Waals surface area contributed by atoms with E-state index in [-0.39, 0.29) is 0 Å². The smallest absolute Gasteiger partial charge is 0.224 e. The van der Waals surface area contributed by atoms with Crippen molar-refractivity contribution < 1.29 is 9.47 Å². The Bertz CT molecular complexity index is 707. The molecule has 7 heteroatoms. The summed E-state index contributed by atoms with van der Waals surface area (Å²) in [5.74, 6) is 2.92. The second-order valence-corrected chi connectivity index (χ2v) is 6.21. The van der Waals surface area contributed by atoms with Crippen molar-refractivity contribution in [1.29, 1.82) is 0 Å². The van der Waals surface area contributed by atoms with Crippen LogP contribution in [0.2, 0.25) is 5.02 Å². The van der Waals surface area contributed by atoms with Gasteiger partial charge in [-0.1, -0.05) is 25.4 Å². The zero-order chi connectivity index (χ0) is 17.7. The number of rotatable bonds is 7. The number of aryl methyl sites for hydroxylation is 1. The van der Waals surface area contributed by atoms with Crippen molar-refractivity contribution in [2.75, 3.05) is 31.4 Å². The molecule has 0 fully saturated rings. The largest absolute Gasteiger partial charge is 0.495 e. The topological polar surface area (TPSA) is 68.3 Å². The van der Waals surface area contributed by atoms with Gasteiger partial charge < -0.3 is 20.1 Å². The molecule has 0 aliphatic heterocycles. The highest BCUT2D eigenvalue weighted by Crippen LogP contribution is 2.37. The molecule has 0 radical (unpaired) electrons. The van der Waals surface area contributed by atoms with Gasteiger partial charge in [0.1, 0.15) is 17.3 Å². The summed E-state index contributed by atoms with van der Waals surface area (Å²) in [5.41, 5.74) is 1.57. The van der Waals surface area contributed by atoms with Crippen molar-refractivity contribution in [2.24, 2.45) is 5.92 Å². The normalized spacial score (nSPS) is 10.6. The van der Waals surface area contributed by atoms with Gasteiger partial charge in [0, 0.05) is 30.4 Å². The average Bonchev–Trinajstić information content (AvgIpc) is 2.53. The molecule has 2 rings (SSSR count). The van der Waals surface area contributed by atoms with Crippen molar-refractivity contribution in [3.63, 3.8) is 0 Å². The van der Waals surface area contributed by atoms with Gasteiger partial charge in [-0.15, -0.1) is 0 Å². The summed E-state index contributed by atoms with van der Waals surface area (Å²) in [7, 11) is 3.16. The van der Waals surface area contributed by atoms with Crippen molar-refractivity contribution >= 4 is 29.1 Å². The van der Waals surface area contributed by atoms with Gasteiger partial charge in [0.05, 0.1) is 24.9 Å². The van der Waals surface area contributed by atoms with Crippen molar-refractivity contribution in [3.8, 4) is 11.5 Å². The van der Waals surface area contributed by atoms with Gasteiger partial charge in [-0.25, -0.2) is 4.98 Å². The Hall–Kier alpha value is -2.21. The van der Waals surface area contributed by atoms with Crippen LogP contribution in [0.4, 0.5) is 17.5 Å². The molecule has 1 aromatic heterocycles. The molecule has 0 spiro atoms. The molecule has 1 aromatic carbocycles. The minimum atomic E-state index is 0.484. The molecule has 0 aliphatic rings. The van der Waals surface area contributed by atoms with Gasteiger partial charge in [0.25, 0.3) is 0 Å². The van der Waals surface area contributed by atoms with Crippen LogP contribution in [-0.4, -0.2) is 30.7 Å². The first kappa shape index (κ1) is 18.1. The zero-order valence-electron chi connectivity index (χ0n) is 14.6. The van der Waals surface area contributed by atoms with Gasteiger partial charge in [-0.05, 0) is 12.8 Å². The fourth-order valence-corrected chi connectivity index (χ4v) is 2.33. The molecule has 0 saturated carbocycles. The summed E-state index contributed by atoms with van der Waals surface area (Å²) in [5, 5.41) is 6.96. The van der Waals surface area contributed by atoms with Gasteiger partial charge in [0.15, 0.2) is 0 Å². The number of methoxy groups -OCH3 is 2. The maximum Gasteiger partial charge on any atom is 0.224 e. The average molecular weight is 351 g/mol. The number of halogens is 1. The summed E-state index contributed by atoms with van der Waals surface area (Å²) in [6.07, 6.45) is 0. The lowest BCUT2D eigenvalue weighted by Gasteiger charge is -2.15. The summed E-state index contributed by atoms with van der Waals surface area (Å²) in [6, 6.07) is 5.34. The Morgan fingerprint density at radius 2 is 1.79 bits per heavy atom. The Kier molecular flexibility index (Phi) is 6.09. The fraction of sp³-hybridized carbons (Fsp3) is 0.412. The molecule has 0 unspecified atom stereocenters. The van der Waals surface area contributed by atoms with Crippen LogP contribution in [0.5, 0.6) is 11.5 Å². The molecule has 0 bridgehead atoms. The lowest BCUT2D eigenvalue weighted by atomic mass is 10.2.